The van der Waals surface area contributed by atoms with E-state index in [2.05, 4.69) is 39.9 Å². The number of hydrogen-bond acceptors (Lipinski definition) is 2. The highest BCUT2D eigenvalue weighted by molar-refractivity contribution is 4.96. The van der Waals surface area contributed by atoms with Crippen molar-refractivity contribution in [2.24, 2.45) is 23.0 Å². The van der Waals surface area contributed by atoms with E-state index >= 15 is 0 Å². The molecule has 3 N–H and O–H groups in total. The summed E-state index contributed by atoms with van der Waals surface area (Å²) in [6.45, 7) is 13.7. The van der Waals surface area contributed by atoms with Crippen molar-refractivity contribution >= 4 is 0 Å². The molecule has 0 heterocycles. The van der Waals surface area contributed by atoms with Crippen molar-refractivity contribution in [3.8, 4) is 0 Å². The Morgan fingerprint density at radius 3 is 2.05 bits per heavy atom. The average Bonchev–Trinajstić information content (AvgIpc) is 2.39. The molecule has 0 amide bonds. The molecule has 0 radical (unpaired) electrons. The number of nitrogens with two attached hydrogens (primary N) is 1. The number of hydrogen-bond donors (Lipinski definition) is 2. The van der Waals surface area contributed by atoms with Gasteiger partial charge in [0, 0.05) is 12.1 Å². The molecule has 0 saturated heterocycles. The third-order valence-electron chi connectivity index (χ3n) is 5.48. The van der Waals surface area contributed by atoms with E-state index in [9.17, 15) is 0 Å². The van der Waals surface area contributed by atoms with Crippen molar-refractivity contribution in [2.45, 2.75) is 78.7 Å². The summed E-state index contributed by atoms with van der Waals surface area (Å²) in [5, 5.41) is 3.83. The largest absolute Gasteiger partial charge is 0.329 e. The fourth-order valence-electron chi connectivity index (χ4n) is 3.43. The van der Waals surface area contributed by atoms with E-state index in [0.29, 0.717) is 5.41 Å². The molecule has 1 aliphatic rings. The normalized spacial score (nSPS) is 28.9. The van der Waals surface area contributed by atoms with Gasteiger partial charge in [-0.25, -0.2) is 0 Å². The predicted molar refractivity (Wildman–Crippen MR) is 85.3 cm³/mol. The third kappa shape index (κ3) is 4.75. The first-order valence-corrected chi connectivity index (χ1v) is 8.32. The van der Waals surface area contributed by atoms with Crippen molar-refractivity contribution in [1.29, 1.82) is 0 Å². The lowest BCUT2D eigenvalue weighted by Gasteiger charge is -2.44. The second kappa shape index (κ2) is 7.08. The molecule has 0 atom stereocenters. The van der Waals surface area contributed by atoms with E-state index in [1.54, 1.807) is 0 Å². The Labute approximate surface area is 120 Å². The summed E-state index contributed by atoms with van der Waals surface area (Å²) in [5.74, 6) is 1.67. The molecule has 19 heavy (non-hydrogen) atoms. The van der Waals surface area contributed by atoms with Crippen LogP contribution in [-0.4, -0.2) is 18.6 Å². The molecule has 0 spiro atoms. The first-order chi connectivity index (χ1) is 8.87. The molecular formula is C17H36N2. The molecular weight excluding hydrogens is 232 g/mol. The zero-order valence-electron chi connectivity index (χ0n) is 13.9. The minimum absolute atomic E-state index is 0.227. The highest BCUT2D eigenvalue weighted by atomic mass is 15.0. The van der Waals surface area contributed by atoms with E-state index in [-0.39, 0.29) is 5.54 Å². The molecule has 0 aromatic heterocycles. The summed E-state index contributed by atoms with van der Waals surface area (Å²) in [5.41, 5.74) is 6.78. The lowest BCUT2D eigenvalue weighted by atomic mass is 9.67. The summed E-state index contributed by atoms with van der Waals surface area (Å²) >= 11 is 0. The van der Waals surface area contributed by atoms with Crippen LogP contribution in [0.3, 0.4) is 0 Å². The van der Waals surface area contributed by atoms with Crippen molar-refractivity contribution in [3.05, 3.63) is 0 Å². The molecule has 1 rings (SSSR count). The molecule has 0 bridgehead atoms. The quantitative estimate of drug-likeness (QED) is 0.765. The summed E-state index contributed by atoms with van der Waals surface area (Å²) in [4.78, 5) is 0. The topological polar surface area (TPSA) is 38.0 Å². The molecule has 0 unspecified atom stereocenters. The maximum Gasteiger partial charge on any atom is 0.0304 e. The Bertz CT molecular complexity index is 242. The maximum atomic E-state index is 6.10. The molecule has 2 nitrogen and oxygen atoms in total. The van der Waals surface area contributed by atoms with Crippen LogP contribution in [0.15, 0.2) is 0 Å². The SMILES string of the molecule is CCC(CC)CNC1(CN)CCC(C(C)(C)C)CC1. The second-order valence-corrected chi connectivity index (χ2v) is 7.69. The standard InChI is InChI=1S/C17H36N2/c1-6-14(7-2)12-19-17(13-18)10-8-15(9-11-17)16(3,4)5/h14-15,19H,6-13,18H2,1-5H3. The van der Waals surface area contributed by atoms with E-state index < -0.39 is 0 Å². The fourth-order valence-corrected chi connectivity index (χ4v) is 3.43. The minimum Gasteiger partial charge on any atom is -0.329 e. The Kier molecular flexibility index (Phi) is 6.32. The average molecular weight is 268 g/mol. The predicted octanol–water partition coefficient (Wildman–Crippen LogP) is 3.95. The van der Waals surface area contributed by atoms with Crippen LogP contribution in [0, 0.1) is 17.3 Å². The van der Waals surface area contributed by atoms with Crippen molar-refractivity contribution in [1.82, 2.24) is 5.32 Å². The lowest BCUT2D eigenvalue weighted by molar-refractivity contribution is 0.114. The molecule has 2 heteroatoms. The van der Waals surface area contributed by atoms with Gasteiger partial charge in [-0.1, -0.05) is 47.5 Å². The Hall–Kier alpha value is -0.0800. The summed E-state index contributed by atoms with van der Waals surface area (Å²) < 4.78 is 0. The van der Waals surface area contributed by atoms with Gasteiger partial charge >= 0.3 is 0 Å². The zero-order chi connectivity index (χ0) is 14.5. The van der Waals surface area contributed by atoms with Gasteiger partial charge in [-0.05, 0) is 49.5 Å². The van der Waals surface area contributed by atoms with Crippen LogP contribution in [0.1, 0.15) is 73.1 Å². The Morgan fingerprint density at radius 2 is 1.68 bits per heavy atom. The van der Waals surface area contributed by atoms with Gasteiger partial charge in [-0.2, -0.15) is 0 Å². The molecule has 1 fully saturated rings. The van der Waals surface area contributed by atoms with E-state index in [0.717, 1.165) is 24.9 Å². The van der Waals surface area contributed by atoms with E-state index in [1.807, 2.05) is 0 Å². The number of rotatable bonds is 6. The minimum atomic E-state index is 0.227. The summed E-state index contributed by atoms with van der Waals surface area (Å²) in [6.07, 6.45) is 7.72. The highest BCUT2D eigenvalue weighted by Crippen LogP contribution is 2.41. The second-order valence-electron chi connectivity index (χ2n) is 7.69. The van der Waals surface area contributed by atoms with Gasteiger partial charge in [0.1, 0.15) is 0 Å². The van der Waals surface area contributed by atoms with Crippen LogP contribution in [0.2, 0.25) is 0 Å². The van der Waals surface area contributed by atoms with Gasteiger partial charge in [0.25, 0.3) is 0 Å². The van der Waals surface area contributed by atoms with Crippen LogP contribution in [-0.2, 0) is 0 Å². The van der Waals surface area contributed by atoms with E-state index in [4.69, 9.17) is 5.73 Å². The van der Waals surface area contributed by atoms with Crippen LogP contribution in [0.4, 0.5) is 0 Å². The van der Waals surface area contributed by atoms with Crippen LogP contribution in [0.5, 0.6) is 0 Å². The summed E-state index contributed by atoms with van der Waals surface area (Å²) in [7, 11) is 0. The Balaban J connectivity index is 2.51. The molecule has 0 aromatic carbocycles. The van der Waals surface area contributed by atoms with Gasteiger partial charge in [0.05, 0.1) is 0 Å². The van der Waals surface area contributed by atoms with Gasteiger partial charge in [0.2, 0.25) is 0 Å². The van der Waals surface area contributed by atoms with Crippen molar-refractivity contribution < 1.29 is 0 Å². The zero-order valence-corrected chi connectivity index (χ0v) is 13.9. The van der Waals surface area contributed by atoms with Gasteiger partial charge < -0.3 is 11.1 Å². The first kappa shape index (κ1) is 17.0. The van der Waals surface area contributed by atoms with Gasteiger partial charge in [-0.15, -0.1) is 0 Å². The molecule has 114 valence electrons. The molecule has 1 saturated carbocycles. The maximum absolute atomic E-state index is 6.10. The van der Waals surface area contributed by atoms with Gasteiger partial charge in [0.15, 0.2) is 0 Å². The van der Waals surface area contributed by atoms with Crippen LogP contribution < -0.4 is 11.1 Å². The highest BCUT2D eigenvalue weighted by Gasteiger charge is 2.37. The van der Waals surface area contributed by atoms with Gasteiger partial charge in [-0.3, -0.25) is 0 Å². The smallest absolute Gasteiger partial charge is 0.0304 e. The van der Waals surface area contributed by atoms with Crippen molar-refractivity contribution in [3.63, 3.8) is 0 Å². The lowest BCUT2D eigenvalue weighted by Crippen LogP contribution is -2.55. The Morgan fingerprint density at radius 1 is 1.16 bits per heavy atom. The van der Waals surface area contributed by atoms with Crippen molar-refractivity contribution in [2.75, 3.05) is 13.1 Å². The third-order valence-corrected chi connectivity index (χ3v) is 5.48. The summed E-state index contributed by atoms with van der Waals surface area (Å²) in [6, 6.07) is 0. The van der Waals surface area contributed by atoms with Crippen LogP contribution in [0.25, 0.3) is 0 Å². The molecule has 0 aliphatic heterocycles. The van der Waals surface area contributed by atoms with E-state index in [1.165, 1.54) is 38.5 Å². The fraction of sp³-hybridized carbons (Fsp3) is 1.00. The number of nitrogens with one attached hydrogen (secondary N) is 1. The van der Waals surface area contributed by atoms with Crippen LogP contribution >= 0.6 is 0 Å². The molecule has 0 aromatic rings. The molecule has 1 aliphatic carbocycles. The first-order valence-electron chi connectivity index (χ1n) is 8.32. The monoisotopic (exact) mass is 268 g/mol.